The van der Waals surface area contributed by atoms with Crippen LogP contribution in [0, 0.1) is 0 Å². The molecule has 21 heavy (non-hydrogen) atoms. The van der Waals surface area contributed by atoms with Gasteiger partial charge in [-0.25, -0.2) is 22.0 Å². The number of hydrogen-bond acceptors (Lipinski definition) is 4. The quantitative estimate of drug-likeness (QED) is 0.838. The van der Waals surface area contributed by atoms with Crippen molar-refractivity contribution >= 4 is 49.4 Å². The Morgan fingerprint density at radius 2 is 1.43 bits per heavy atom. The molecular weight excluding hydrogens is 321 g/mol. The van der Waals surface area contributed by atoms with Crippen LogP contribution in [0.4, 0.5) is 0 Å². The molecule has 0 spiro atoms. The molecule has 0 aliphatic rings. The van der Waals surface area contributed by atoms with E-state index in [1.165, 1.54) is 18.2 Å². The zero-order valence-corrected chi connectivity index (χ0v) is 12.3. The van der Waals surface area contributed by atoms with Gasteiger partial charge in [0, 0.05) is 11.8 Å². The molecule has 0 heterocycles. The average Bonchev–Trinajstić information content (AvgIpc) is 2.37. The van der Waals surface area contributed by atoms with Gasteiger partial charge in [0.25, 0.3) is 0 Å². The summed E-state index contributed by atoms with van der Waals surface area (Å²) >= 11 is 0. The van der Waals surface area contributed by atoms with E-state index in [4.69, 9.17) is 5.14 Å². The van der Waals surface area contributed by atoms with Crippen LogP contribution in [0.1, 0.15) is 0 Å². The molecule has 0 aliphatic heterocycles. The molecule has 0 amide bonds. The minimum atomic E-state index is -4.17. The fourth-order valence-electron chi connectivity index (χ4n) is 1.95. The van der Waals surface area contributed by atoms with E-state index in [9.17, 15) is 16.8 Å². The first-order chi connectivity index (χ1) is 9.21. The molecule has 0 saturated heterocycles. The number of sulfonamides is 1. The molecule has 0 atom stereocenters. The standard InChI is InChI=1S/C13H13NO4S2.Na.H/c1-19(15,16)12-9-5-8-11(13(12)20(14,17)18)10-6-3-2-4-7-10;;/h2-9H,1H3,(H2,14,17,18);;. The average molecular weight is 335 g/mol. The first-order valence-electron chi connectivity index (χ1n) is 5.62. The van der Waals surface area contributed by atoms with E-state index in [0.29, 0.717) is 5.56 Å². The molecule has 2 rings (SSSR count). The van der Waals surface area contributed by atoms with Crippen LogP contribution in [0.15, 0.2) is 58.3 Å². The number of sulfone groups is 1. The van der Waals surface area contributed by atoms with E-state index < -0.39 is 19.9 Å². The van der Waals surface area contributed by atoms with E-state index in [0.717, 1.165) is 6.26 Å². The summed E-state index contributed by atoms with van der Waals surface area (Å²) in [5.41, 5.74) is 0.859. The monoisotopic (exact) mass is 335 g/mol. The Morgan fingerprint density at radius 3 is 1.90 bits per heavy atom. The summed E-state index contributed by atoms with van der Waals surface area (Å²) in [4.78, 5) is -0.657. The third-order valence-corrected chi connectivity index (χ3v) is 5.02. The summed E-state index contributed by atoms with van der Waals surface area (Å²) in [7, 11) is -7.88. The van der Waals surface area contributed by atoms with E-state index in [1.54, 1.807) is 30.3 Å². The van der Waals surface area contributed by atoms with Crippen molar-refractivity contribution in [2.45, 2.75) is 9.79 Å². The topological polar surface area (TPSA) is 94.3 Å². The summed E-state index contributed by atoms with van der Waals surface area (Å²) < 4.78 is 47.1. The van der Waals surface area contributed by atoms with Gasteiger partial charge >= 0.3 is 29.6 Å². The maximum absolute atomic E-state index is 11.8. The van der Waals surface area contributed by atoms with Crippen molar-refractivity contribution in [1.82, 2.24) is 0 Å². The Morgan fingerprint density at radius 1 is 0.857 bits per heavy atom. The Balaban J connectivity index is 0.00000220. The van der Waals surface area contributed by atoms with E-state index in [2.05, 4.69) is 0 Å². The Labute approximate surface area is 146 Å². The van der Waals surface area contributed by atoms with Gasteiger partial charge in [-0.1, -0.05) is 42.5 Å². The Bertz CT molecular complexity index is 847. The molecule has 8 heteroatoms. The molecule has 0 fully saturated rings. The predicted octanol–water partition coefficient (Wildman–Crippen LogP) is 0.756. The number of primary sulfonamides is 1. The van der Waals surface area contributed by atoms with Crippen LogP contribution in [0.2, 0.25) is 0 Å². The number of nitrogens with two attached hydrogens (primary N) is 1. The van der Waals surface area contributed by atoms with E-state index >= 15 is 0 Å². The molecule has 2 aromatic rings. The summed E-state index contributed by atoms with van der Waals surface area (Å²) in [5.74, 6) is 0. The fraction of sp³-hybridized carbons (Fsp3) is 0.0769. The first-order valence-corrected chi connectivity index (χ1v) is 9.06. The summed E-state index contributed by atoms with van der Waals surface area (Å²) in [6.07, 6.45) is 0.950. The summed E-state index contributed by atoms with van der Waals surface area (Å²) in [5, 5.41) is 5.20. The first kappa shape index (κ1) is 18.3. The molecule has 0 aromatic heterocycles. The second-order valence-corrected chi connectivity index (χ2v) is 7.80. The van der Waals surface area contributed by atoms with Gasteiger partial charge in [-0.2, -0.15) is 0 Å². The zero-order chi connectivity index (χ0) is 15.0. The van der Waals surface area contributed by atoms with Crippen molar-refractivity contribution < 1.29 is 16.8 Å². The van der Waals surface area contributed by atoms with Crippen LogP contribution in [0.3, 0.4) is 0 Å². The Kier molecular flexibility index (Phi) is 5.76. The molecule has 0 aliphatic carbocycles. The van der Waals surface area contributed by atoms with Gasteiger partial charge in [0.15, 0.2) is 9.84 Å². The second kappa shape index (κ2) is 6.60. The van der Waals surface area contributed by atoms with Crippen LogP contribution in [-0.4, -0.2) is 52.6 Å². The van der Waals surface area contributed by atoms with Crippen molar-refractivity contribution in [3.63, 3.8) is 0 Å². The van der Waals surface area contributed by atoms with Crippen LogP contribution < -0.4 is 5.14 Å². The van der Waals surface area contributed by atoms with Gasteiger partial charge in [0.1, 0.15) is 4.90 Å². The van der Waals surface area contributed by atoms with E-state index in [1.807, 2.05) is 0 Å². The zero-order valence-electron chi connectivity index (χ0n) is 10.6. The summed E-state index contributed by atoms with van der Waals surface area (Å²) in [6.45, 7) is 0. The van der Waals surface area contributed by atoms with Crippen molar-refractivity contribution in [3.05, 3.63) is 48.5 Å². The molecule has 0 saturated carbocycles. The van der Waals surface area contributed by atoms with Gasteiger partial charge in [0.05, 0.1) is 4.90 Å². The van der Waals surface area contributed by atoms with Crippen molar-refractivity contribution in [3.8, 4) is 11.1 Å². The van der Waals surface area contributed by atoms with Crippen LogP contribution in [0.25, 0.3) is 11.1 Å². The Hall–Kier alpha value is -0.700. The van der Waals surface area contributed by atoms with Crippen LogP contribution >= 0.6 is 0 Å². The molecule has 0 unspecified atom stereocenters. The molecule has 5 nitrogen and oxygen atoms in total. The molecule has 2 N–H and O–H groups in total. The molecule has 0 bridgehead atoms. The van der Waals surface area contributed by atoms with Crippen molar-refractivity contribution in [2.24, 2.45) is 5.14 Å². The van der Waals surface area contributed by atoms with Gasteiger partial charge in [-0.3, -0.25) is 0 Å². The SMILES string of the molecule is CS(=O)(=O)c1cccc(-c2ccccc2)c1S(N)(=O)=O.[NaH]. The minimum absolute atomic E-state index is 0. The normalized spacial score (nSPS) is 11.7. The predicted molar refractivity (Wildman–Crippen MR) is 83.5 cm³/mol. The van der Waals surface area contributed by atoms with Crippen LogP contribution in [-0.2, 0) is 19.9 Å². The maximum atomic E-state index is 11.8. The third-order valence-electron chi connectivity index (χ3n) is 2.75. The van der Waals surface area contributed by atoms with Gasteiger partial charge < -0.3 is 0 Å². The molecule has 0 radical (unpaired) electrons. The van der Waals surface area contributed by atoms with Crippen LogP contribution in [0.5, 0.6) is 0 Å². The number of rotatable bonds is 3. The van der Waals surface area contributed by atoms with Gasteiger partial charge in [-0.15, -0.1) is 0 Å². The number of benzene rings is 2. The molecule has 108 valence electrons. The molecular formula is C13H14NNaO4S2. The third kappa shape index (κ3) is 4.15. The van der Waals surface area contributed by atoms with Crippen molar-refractivity contribution in [1.29, 1.82) is 0 Å². The van der Waals surface area contributed by atoms with Gasteiger partial charge in [-0.05, 0) is 11.6 Å². The fourth-order valence-corrected chi connectivity index (χ4v) is 4.36. The van der Waals surface area contributed by atoms with E-state index in [-0.39, 0.29) is 44.9 Å². The van der Waals surface area contributed by atoms with Gasteiger partial charge in [0.2, 0.25) is 10.0 Å². The summed E-state index contributed by atoms with van der Waals surface area (Å²) in [6, 6.07) is 12.9. The molecule has 2 aromatic carbocycles. The van der Waals surface area contributed by atoms with Crippen molar-refractivity contribution in [2.75, 3.05) is 6.26 Å². The second-order valence-electron chi connectivity index (χ2n) is 4.32. The number of hydrogen-bond donors (Lipinski definition) is 1.